The van der Waals surface area contributed by atoms with Crippen LogP contribution in [0.25, 0.3) is 0 Å². The van der Waals surface area contributed by atoms with Gasteiger partial charge in [0, 0.05) is 28.4 Å². The normalized spacial score (nSPS) is 27.3. The van der Waals surface area contributed by atoms with E-state index in [1.807, 2.05) is 0 Å². The van der Waals surface area contributed by atoms with Crippen LogP contribution in [0.15, 0.2) is 0 Å². The standard InChI is InChI=1S/C14H30O6P2/c1-11(2)12-7-8-13(10-21(15,17-3)18-4)14(9-12)22(16,19-5)20-6/h11-14H,7-10H2,1-6H3. The minimum Gasteiger partial charge on any atom is -0.312 e. The maximum absolute atomic E-state index is 12.9. The third kappa shape index (κ3) is 4.66. The highest BCUT2D eigenvalue weighted by Crippen LogP contribution is 2.62. The van der Waals surface area contributed by atoms with E-state index in [4.69, 9.17) is 18.1 Å². The van der Waals surface area contributed by atoms with Crippen molar-refractivity contribution in [2.75, 3.05) is 34.6 Å². The molecule has 1 fully saturated rings. The van der Waals surface area contributed by atoms with Crippen molar-refractivity contribution in [1.82, 2.24) is 0 Å². The van der Waals surface area contributed by atoms with Gasteiger partial charge < -0.3 is 18.1 Å². The zero-order valence-electron chi connectivity index (χ0n) is 14.5. The Bertz CT molecular complexity index is 423. The monoisotopic (exact) mass is 356 g/mol. The highest BCUT2D eigenvalue weighted by molar-refractivity contribution is 7.55. The van der Waals surface area contributed by atoms with Gasteiger partial charge in [0.05, 0.1) is 11.8 Å². The van der Waals surface area contributed by atoms with Crippen molar-refractivity contribution in [2.24, 2.45) is 17.8 Å². The van der Waals surface area contributed by atoms with Gasteiger partial charge in [-0.05, 0) is 37.0 Å². The molecule has 0 amide bonds. The molecule has 0 saturated heterocycles. The molecular weight excluding hydrogens is 326 g/mol. The van der Waals surface area contributed by atoms with Crippen LogP contribution in [0, 0.1) is 17.8 Å². The van der Waals surface area contributed by atoms with Gasteiger partial charge in [-0.3, -0.25) is 9.13 Å². The average Bonchev–Trinajstić information content (AvgIpc) is 2.54. The van der Waals surface area contributed by atoms with Gasteiger partial charge in [-0.25, -0.2) is 0 Å². The lowest BCUT2D eigenvalue weighted by molar-refractivity contribution is 0.188. The van der Waals surface area contributed by atoms with Crippen LogP contribution in [0.1, 0.15) is 33.1 Å². The molecule has 0 bridgehead atoms. The Balaban J connectivity index is 3.03. The molecule has 3 unspecified atom stereocenters. The molecule has 8 heteroatoms. The fraction of sp³-hybridized carbons (Fsp3) is 1.00. The molecule has 132 valence electrons. The Labute approximate surface area is 134 Å². The van der Waals surface area contributed by atoms with E-state index in [-0.39, 0.29) is 17.7 Å². The third-order valence-electron chi connectivity index (χ3n) is 4.87. The van der Waals surface area contributed by atoms with E-state index in [1.165, 1.54) is 28.4 Å². The van der Waals surface area contributed by atoms with Crippen molar-refractivity contribution < 1.29 is 27.2 Å². The summed E-state index contributed by atoms with van der Waals surface area (Å²) in [6.45, 7) is 4.34. The number of hydrogen-bond donors (Lipinski definition) is 0. The van der Waals surface area contributed by atoms with Gasteiger partial charge in [0.25, 0.3) is 0 Å². The summed E-state index contributed by atoms with van der Waals surface area (Å²) in [5.74, 6) is 0.901. The minimum atomic E-state index is -3.23. The summed E-state index contributed by atoms with van der Waals surface area (Å²) in [7, 11) is -0.803. The molecular formula is C14H30O6P2. The van der Waals surface area contributed by atoms with Crippen LogP contribution in [0.2, 0.25) is 0 Å². The molecule has 0 radical (unpaired) electrons. The van der Waals surface area contributed by atoms with E-state index in [1.54, 1.807) is 0 Å². The van der Waals surface area contributed by atoms with Crippen molar-refractivity contribution in [1.29, 1.82) is 0 Å². The quantitative estimate of drug-likeness (QED) is 0.600. The van der Waals surface area contributed by atoms with Gasteiger partial charge in [0.1, 0.15) is 0 Å². The second-order valence-corrected chi connectivity index (χ2v) is 11.0. The molecule has 0 aromatic heterocycles. The summed E-state index contributed by atoms with van der Waals surface area (Å²) >= 11 is 0. The maximum Gasteiger partial charge on any atom is 0.333 e. The Morgan fingerprint density at radius 2 is 1.50 bits per heavy atom. The van der Waals surface area contributed by atoms with E-state index < -0.39 is 15.2 Å². The van der Waals surface area contributed by atoms with Crippen LogP contribution in [-0.2, 0) is 27.2 Å². The molecule has 6 nitrogen and oxygen atoms in total. The second-order valence-electron chi connectivity index (χ2n) is 6.21. The highest BCUT2D eigenvalue weighted by atomic mass is 31.2. The average molecular weight is 356 g/mol. The fourth-order valence-corrected chi connectivity index (χ4v) is 6.92. The lowest BCUT2D eigenvalue weighted by Crippen LogP contribution is -2.34. The predicted octanol–water partition coefficient (Wildman–Crippen LogP) is 4.40. The Morgan fingerprint density at radius 3 is 1.91 bits per heavy atom. The van der Waals surface area contributed by atoms with Gasteiger partial charge in [-0.1, -0.05) is 13.8 Å². The topological polar surface area (TPSA) is 71.1 Å². The highest BCUT2D eigenvalue weighted by Gasteiger charge is 2.46. The number of rotatable bonds is 8. The van der Waals surface area contributed by atoms with E-state index in [2.05, 4.69) is 13.8 Å². The van der Waals surface area contributed by atoms with Crippen molar-refractivity contribution in [3.63, 3.8) is 0 Å². The molecule has 1 aliphatic carbocycles. The SMILES string of the molecule is COP(=O)(CC1CCC(C(C)C)CC1P(=O)(OC)OC)OC. The van der Waals surface area contributed by atoms with Gasteiger partial charge >= 0.3 is 15.2 Å². The summed E-state index contributed by atoms with van der Waals surface area (Å²) in [5.41, 5.74) is -0.276. The zero-order chi connectivity index (χ0) is 17.0. The van der Waals surface area contributed by atoms with Crippen LogP contribution < -0.4 is 0 Å². The first kappa shape index (κ1) is 20.3. The summed E-state index contributed by atoms with van der Waals surface area (Å²) in [5, 5.41) is 0. The first-order valence-corrected chi connectivity index (χ1v) is 11.0. The zero-order valence-corrected chi connectivity index (χ0v) is 16.3. The third-order valence-corrected chi connectivity index (χ3v) is 9.36. The van der Waals surface area contributed by atoms with Crippen LogP contribution in [0.4, 0.5) is 0 Å². The van der Waals surface area contributed by atoms with Gasteiger partial charge in [-0.2, -0.15) is 0 Å². The Morgan fingerprint density at radius 1 is 0.955 bits per heavy atom. The predicted molar refractivity (Wildman–Crippen MR) is 87.6 cm³/mol. The van der Waals surface area contributed by atoms with E-state index in [0.29, 0.717) is 11.8 Å². The first-order chi connectivity index (χ1) is 10.2. The van der Waals surface area contributed by atoms with Crippen LogP contribution in [-0.4, -0.2) is 40.3 Å². The largest absolute Gasteiger partial charge is 0.333 e. The Hall–Kier alpha value is 0.300. The van der Waals surface area contributed by atoms with Crippen molar-refractivity contribution >= 4 is 15.2 Å². The van der Waals surface area contributed by atoms with Gasteiger partial charge in [0.2, 0.25) is 0 Å². The molecule has 0 spiro atoms. The summed E-state index contributed by atoms with van der Waals surface area (Å²) < 4.78 is 46.0. The molecule has 0 aromatic rings. The van der Waals surface area contributed by atoms with Crippen molar-refractivity contribution in [3.05, 3.63) is 0 Å². The molecule has 1 saturated carbocycles. The number of hydrogen-bond acceptors (Lipinski definition) is 6. The summed E-state index contributed by atoms with van der Waals surface area (Å²) in [6.07, 6.45) is 2.82. The van der Waals surface area contributed by atoms with Gasteiger partial charge in [0.15, 0.2) is 0 Å². The molecule has 22 heavy (non-hydrogen) atoms. The van der Waals surface area contributed by atoms with Crippen LogP contribution in [0.5, 0.6) is 0 Å². The lowest BCUT2D eigenvalue weighted by atomic mass is 9.77. The van der Waals surface area contributed by atoms with Crippen molar-refractivity contribution in [3.8, 4) is 0 Å². The molecule has 3 atom stereocenters. The molecule has 0 aliphatic heterocycles. The smallest absolute Gasteiger partial charge is 0.312 e. The molecule has 1 rings (SSSR count). The minimum absolute atomic E-state index is 0.0635. The van der Waals surface area contributed by atoms with E-state index >= 15 is 0 Å². The second kappa shape index (κ2) is 8.41. The van der Waals surface area contributed by atoms with Crippen molar-refractivity contribution in [2.45, 2.75) is 38.8 Å². The van der Waals surface area contributed by atoms with E-state index in [9.17, 15) is 9.13 Å². The first-order valence-electron chi connectivity index (χ1n) is 7.67. The van der Waals surface area contributed by atoms with Crippen LogP contribution in [0.3, 0.4) is 0 Å². The Kier molecular flexibility index (Phi) is 7.78. The summed E-state index contributed by atoms with van der Waals surface area (Å²) in [4.78, 5) is 0. The molecule has 1 aliphatic rings. The summed E-state index contributed by atoms with van der Waals surface area (Å²) in [6, 6.07) is 0. The lowest BCUT2D eigenvalue weighted by Gasteiger charge is -2.40. The van der Waals surface area contributed by atoms with E-state index in [0.717, 1.165) is 19.3 Å². The van der Waals surface area contributed by atoms with Gasteiger partial charge in [-0.15, -0.1) is 0 Å². The fourth-order valence-electron chi connectivity index (χ4n) is 3.30. The molecule has 0 aromatic carbocycles. The van der Waals surface area contributed by atoms with Crippen LogP contribution >= 0.6 is 15.2 Å². The molecule has 0 N–H and O–H groups in total. The maximum atomic E-state index is 12.9. The molecule has 0 heterocycles.